The lowest BCUT2D eigenvalue weighted by Gasteiger charge is -2.30. The summed E-state index contributed by atoms with van der Waals surface area (Å²) in [5, 5.41) is 3.06. The molecule has 2 aromatic rings. The molecule has 0 atom stereocenters. The fourth-order valence-corrected chi connectivity index (χ4v) is 3.93. The second kappa shape index (κ2) is 9.22. The van der Waals surface area contributed by atoms with E-state index in [2.05, 4.69) is 25.1 Å². The number of nitrogens with zero attached hydrogens (tertiary/aromatic N) is 4. The quantitative estimate of drug-likeness (QED) is 0.857. The lowest BCUT2D eigenvalue weighted by molar-refractivity contribution is 0.102. The molecule has 0 unspecified atom stereocenters. The molecule has 1 N–H and O–H groups in total. The van der Waals surface area contributed by atoms with Gasteiger partial charge in [-0.25, -0.2) is 9.97 Å². The number of ether oxygens (including phenoxy) is 1. The third kappa shape index (κ3) is 4.85. The van der Waals surface area contributed by atoms with Crippen LogP contribution in [0.3, 0.4) is 0 Å². The number of hydrogen-bond donors (Lipinski definition) is 1. The van der Waals surface area contributed by atoms with Crippen molar-refractivity contribution in [2.75, 3.05) is 54.5 Å². The molecular formula is C22H29N5O2. The van der Waals surface area contributed by atoms with E-state index in [1.165, 1.54) is 12.8 Å². The van der Waals surface area contributed by atoms with Gasteiger partial charge in [0.2, 0.25) is 5.95 Å². The molecule has 2 saturated heterocycles. The van der Waals surface area contributed by atoms with Crippen LogP contribution in [0.1, 0.15) is 41.9 Å². The van der Waals surface area contributed by atoms with Crippen molar-refractivity contribution in [3.8, 4) is 0 Å². The van der Waals surface area contributed by atoms with Gasteiger partial charge in [-0.05, 0) is 38.0 Å². The Morgan fingerprint density at radius 2 is 1.69 bits per heavy atom. The van der Waals surface area contributed by atoms with Gasteiger partial charge >= 0.3 is 0 Å². The predicted octanol–water partition coefficient (Wildman–Crippen LogP) is 3.25. The Kier molecular flexibility index (Phi) is 6.24. The highest BCUT2D eigenvalue weighted by atomic mass is 16.5. The SMILES string of the molecule is Cc1cc(C(=O)Nc2ccccc2N2CCOCC2)nc(N2CCCCCC2)n1. The Morgan fingerprint density at radius 3 is 2.45 bits per heavy atom. The zero-order chi connectivity index (χ0) is 20.1. The van der Waals surface area contributed by atoms with E-state index in [4.69, 9.17) is 4.74 Å². The topological polar surface area (TPSA) is 70.6 Å². The minimum Gasteiger partial charge on any atom is -0.378 e. The van der Waals surface area contributed by atoms with Crippen LogP contribution >= 0.6 is 0 Å². The number of rotatable bonds is 4. The van der Waals surface area contributed by atoms with E-state index in [1.54, 1.807) is 6.07 Å². The molecule has 0 spiro atoms. The summed E-state index contributed by atoms with van der Waals surface area (Å²) < 4.78 is 5.45. The molecule has 1 aromatic carbocycles. The molecule has 7 nitrogen and oxygen atoms in total. The molecule has 2 aliphatic rings. The van der Waals surface area contributed by atoms with Gasteiger partial charge < -0.3 is 19.9 Å². The molecule has 2 fully saturated rings. The fourth-order valence-electron chi connectivity index (χ4n) is 3.93. The highest BCUT2D eigenvalue weighted by Gasteiger charge is 2.19. The van der Waals surface area contributed by atoms with Crippen LogP contribution in [0.25, 0.3) is 0 Å². The fraction of sp³-hybridized carbons (Fsp3) is 0.500. The first-order chi connectivity index (χ1) is 14.2. The van der Waals surface area contributed by atoms with Crippen molar-refractivity contribution in [3.63, 3.8) is 0 Å². The third-order valence-electron chi connectivity index (χ3n) is 5.47. The number of para-hydroxylation sites is 2. The molecule has 2 aliphatic heterocycles. The van der Waals surface area contributed by atoms with Gasteiger partial charge in [0, 0.05) is 31.9 Å². The molecule has 3 heterocycles. The summed E-state index contributed by atoms with van der Waals surface area (Å²) in [6.45, 7) is 6.85. The maximum atomic E-state index is 13.0. The van der Waals surface area contributed by atoms with Crippen LogP contribution in [0.15, 0.2) is 30.3 Å². The monoisotopic (exact) mass is 395 g/mol. The highest BCUT2D eigenvalue weighted by Crippen LogP contribution is 2.27. The summed E-state index contributed by atoms with van der Waals surface area (Å²) in [5.74, 6) is 0.464. The van der Waals surface area contributed by atoms with Gasteiger partial charge in [-0.15, -0.1) is 0 Å². The molecule has 1 aromatic heterocycles. The van der Waals surface area contributed by atoms with Crippen molar-refractivity contribution in [1.82, 2.24) is 9.97 Å². The molecule has 0 radical (unpaired) electrons. The molecule has 29 heavy (non-hydrogen) atoms. The predicted molar refractivity (Wildman–Crippen MR) is 115 cm³/mol. The third-order valence-corrected chi connectivity index (χ3v) is 5.47. The van der Waals surface area contributed by atoms with E-state index in [0.717, 1.165) is 56.1 Å². The smallest absolute Gasteiger partial charge is 0.274 e. The number of morpholine rings is 1. The van der Waals surface area contributed by atoms with Crippen LogP contribution in [0.4, 0.5) is 17.3 Å². The Bertz CT molecular complexity index is 843. The van der Waals surface area contributed by atoms with Gasteiger partial charge in [0.1, 0.15) is 5.69 Å². The van der Waals surface area contributed by atoms with Crippen LogP contribution in [-0.4, -0.2) is 55.3 Å². The number of benzene rings is 1. The summed E-state index contributed by atoms with van der Waals surface area (Å²) in [7, 11) is 0. The number of aromatic nitrogens is 2. The van der Waals surface area contributed by atoms with Crippen molar-refractivity contribution in [2.45, 2.75) is 32.6 Å². The maximum absolute atomic E-state index is 13.0. The summed E-state index contributed by atoms with van der Waals surface area (Å²) in [5.41, 5.74) is 3.04. The Labute approximate surface area is 172 Å². The first-order valence-corrected chi connectivity index (χ1v) is 10.5. The average molecular weight is 396 g/mol. The van der Waals surface area contributed by atoms with Crippen LogP contribution in [0.5, 0.6) is 0 Å². The molecule has 4 rings (SSSR count). The van der Waals surface area contributed by atoms with Gasteiger partial charge in [0.25, 0.3) is 5.91 Å². The van der Waals surface area contributed by atoms with Gasteiger partial charge in [0.15, 0.2) is 0 Å². The van der Waals surface area contributed by atoms with E-state index in [-0.39, 0.29) is 5.91 Å². The van der Waals surface area contributed by atoms with Crippen molar-refractivity contribution in [3.05, 3.63) is 41.7 Å². The van der Waals surface area contributed by atoms with Crippen molar-refractivity contribution < 1.29 is 9.53 Å². The molecule has 154 valence electrons. The van der Waals surface area contributed by atoms with Crippen molar-refractivity contribution >= 4 is 23.2 Å². The van der Waals surface area contributed by atoms with Crippen molar-refractivity contribution in [1.29, 1.82) is 0 Å². The lowest BCUT2D eigenvalue weighted by Crippen LogP contribution is -2.36. The zero-order valence-electron chi connectivity index (χ0n) is 17.1. The van der Waals surface area contributed by atoms with Gasteiger partial charge in [-0.1, -0.05) is 25.0 Å². The standard InChI is InChI=1S/C22H29N5O2/c1-17-16-19(25-22(23-17)27-10-6-2-3-7-11-27)21(28)24-18-8-4-5-9-20(18)26-12-14-29-15-13-26/h4-5,8-9,16H,2-3,6-7,10-15H2,1H3,(H,24,28). The number of carbonyl (C=O) groups excluding carboxylic acids is 1. The van der Waals surface area contributed by atoms with E-state index in [9.17, 15) is 4.79 Å². The summed E-state index contributed by atoms with van der Waals surface area (Å²) in [6.07, 6.45) is 4.78. The van der Waals surface area contributed by atoms with E-state index >= 15 is 0 Å². The number of hydrogen-bond acceptors (Lipinski definition) is 6. The number of aryl methyl sites for hydroxylation is 1. The second-order valence-corrected chi connectivity index (χ2v) is 7.67. The lowest BCUT2D eigenvalue weighted by atomic mass is 10.2. The number of anilines is 3. The van der Waals surface area contributed by atoms with Crippen LogP contribution in [0.2, 0.25) is 0 Å². The Morgan fingerprint density at radius 1 is 0.966 bits per heavy atom. The molecule has 0 bridgehead atoms. The zero-order valence-corrected chi connectivity index (χ0v) is 17.1. The average Bonchev–Trinajstić information content (AvgIpc) is 3.04. The largest absolute Gasteiger partial charge is 0.378 e. The van der Waals surface area contributed by atoms with Crippen LogP contribution in [0, 0.1) is 6.92 Å². The molecule has 0 saturated carbocycles. The summed E-state index contributed by atoms with van der Waals surface area (Å²) in [6, 6.07) is 9.66. The number of nitrogens with one attached hydrogen (secondary N) is 1. The van der Waals surface area contributed by atoms with Crippen LogP contribution < -0.4 is 15.1 Å². The Balaban J connectivity index is 1.54. The molecular weight excluding hydrogens is 366 g/mol. The summed E-state index contributed by atoms with van der Waals surface area (Å²) in [4.78, 5) is 26.7. The maximum Gasteiger partial charge on any atom is 0.274 e. The number of amides is 1. The molecule has 0 aliphatic carbocycles. The Hall–Kier alpha value is -2.67. The normalized spacial score (nSPS) is 17.7. The number of carbonyl (C=O) groups is 1. The van der Waals surface area contributed by atoms with Gasteiger partial charge in [-0.3, -0.25) is 4.79 Å². The molecule has 7 heteroatoms. The van der Waals surface area contributed by atoms with E-state index in [1.807, 2.05) is 31.2 Å². The van der Waals surface area contributed by atoms with Crippen LogP contribution in [-0.2, 0) is 4.74 Å². The summed E-state index contributed by atoms with van der Waals surface area (Å²) >= 11 is 0. The van der Waals surface area contributed by atoms with Crippen molar-refractivity contribution in [2.24, 2.45) is 0 Å². The minimum atomic E-state index is -0.202. The highest BCUT2D eigenvalue weighted by molar-refractivity contribution is 6.04. The van der Waals surface area contributed by atoms with Gasteiger partial charge in [-0.2, -0.15) is 0 Å². The minimum absolute atomic E-state index is 0.202. The first-order valence-electron chi connectivity index (χ1n) is 10.5. The molecule has 1 amide bonds. The second-order valence-electron chi connectivity index (χ2n) is 7.67. The van der Waals surface area contributed by atoms with Gasteiger partial charge in [0.05, 0.1) is 24.6 Å². The van der Waals surface area contributed by atoms with E-state index < -0.39 is 0 Å². The first kappa shape index (κ1) is 19.6. The van der Waals surface area contributed by atoms with E-state index in [0.29, 0.717) is 24.9 Å².